The second kappa shape index (κ2) is 6.71. The first-order valence-electron chi connectivity index (χ1n) is 7.93. The molecule has 0 aliphatic rings. The van der Waals surface area contributed by atoms with Gasteiger partial charge in [0.2, 0.25) is 0 Å². The van der Waals surface area contributed by atoms with Crippen LogP contribution in [0.3, 0.4) is 0 Å². The number of carbonyl (C=O) groups excluding carboxylic acids is 1. The molecule has 1 heterocycles. The van der Waals surface area contributed by atoms with Gasteiger partial charge in [-0.1, -0.05) is 35.9 Å². The van der Waals surface area contributed by atoms with E-state index in [1.165, 1.54) is 5.56 Å². The van der Waals surface area contributed by atoms with Crippen molar-refractivity contribution in [3.8, 4) is 5.75 Å². The SMILES string of the molecule is Cc1ccc(O[C@H](C)C(=O)Nc2cccc3cccnc23)c(C)c1. The number of carbonyl (C=O) groups is 1. The molecule has 0 aliphatic heterocycles. The summed E-state index contributed by atoms with van der Waals surface area (Å²) in [5, 5.41) is 3.89. The lowest BCUT2D eigenvalue weighted by Gasteiger charge is -2.17. The fourth-order valence-corrected chi connectivity index (χ4v) is 2.61. The van der Waals surface area contributed by atoms with Crippen LogP contribution >= 0.6 is 0 Å². The summed E-state index contributed by atoms with van der Waals surface area (Å²) in [7, 11) is 0. The van der Waals surface area contributed by atoms with E-state index in [-0.39, 0.29) is 5.91 Å². The molecule has 4 nitrogen and oxygen atoms in total. The monoisotopic (exact) mass is 320 g/mol. The van der Waals surface area contributed by atoms with E-state index in [9.17, 15) is 4.79 Å². The van der Waals surface area contributed by atoms with Gasteiger partial charge in [-0.25, -0.2) is 0 Å². The van der Waals surface area contributed by atoms with Crippen LogP contribution in [0.1, 0.15) is 18.1 Å². The molecule has 0 saturated heterocycles. The minimum atomic E-state index is -0.606. The zero-order chi connectivity index (χ0) is 17.1. The van der Waals surface area contributed by atoms with Gasteiger partial charge in [-0.05, 0) is 44.5 Å². The van der Waals surface area contributed by atoms with E-state index in [4.69, 9.17) is 4.74 Å². The number of para-hydroxylation sites is 1. The van der Waals surface area contributed by atoms with Crippen LogP contribution in [-0.2, 0) is 4.79 Å². The third kappa shape index (κ3) is 3.38. The molecule has 1 aromatic heterocycles. The first-order chi connectivity index (χ1) is 11.5. The number of benzene rings is 2. The molecule has 0 spiro atoms. The summed E-state index contributed by atoms with van der Waals surface area (Å²) in [6.07, 6.45) is 1.11. The highest BCUT2D eigenvalue weighted by molar-refractivity contribution is 6.01. The Labute approximate surface area is 141 Å². The molecular formula is C20H20N2O2. The summed E-state index contributed by atoms with van der Waals surface area (Å²) in [5.74, 6) is 0.521. The van der Waals surface area contributed by atoms with Gasteiger partial charge in [-0.3, -0.25) is 9.78 Å². The highest BCUT2D eigenvalue weighted by Crippen LogP contribution is 2.23. The lowest BCUT2D eigenvalue weighted by molar-refractivity contribution is -0.122. The number of nitrogens with zero attached hydrogens (tertiary/aromatic N) is 1. The average molecular weight is 320 g/mol. The Morgan fingerprint density at radius 1 is 1.12 bits per heavy atom. The summed E-state index contributed by atoms with van der Waals surface area (Å²) < 4.78 is 5.81. The van der Waals surface area contributed by atoms with Gasteiger partial charge in [0.25, 0.3) is 5.91 Å². The van der Waals surface area contributed by atoms with E-state index in [1.54, 1.807) is 13.1 Å². The summed E-state index contributed by atoms with van der Waals surface area (Å²) in [6, 6.07) is 15.5. The predicted molar refractivity (Wildman–Crippen MR) is 96.4 cm³/mol. The van der Waals surface area contributed by atoms with Crippen LogP contribution in [0.15, 0.2) is 54.7 Å². The summed E-state index contributed by atoms with van der Waals surface area (Å²) in [5.41, 5.74) is 3.64. The van der Waals surface area contributed by atoms with E-state index in [2.05, 4.69) is 10.3 Å². The van der Waals surface area contributed by atoms with Gasteiger partial charge in [0.05, 0.1) is 11.2 Å². The smallest absolute Gasteiger partial charge is 0.265 e. The first kappa shape index (κ1) is 16.0. The molecule has 0 unspecified atom stereocenters. The van der Waals surface area contributed by atoms with Gasteiger partial charge in [0.1, 0.15) is 5.75 Å². The third-order valence-electron chi connectivity index (χ3n) is 3.89. The number of nitrogens with one attached hydrogen (secondary N) is 1. The van der Waals surface area contributed by atoms with Gasteiger partial charge in [0.15, 0.2) is 6.10 Å². The fourth-order valence-electron chi connectivity index (χ4n) is 2.61. The Bertz CT molecular complexity index is 884. The van der Waals surface area contributed by atoms with Crippen molar-refractivity contribution in [2.45, 2.75) is 26.9 Å². The number of hydrogen-bond donors (Lipinski definition) is 1. The standard InChI is InChI=1S/C20H20N2O2/c1-13-9-10-18(14(2)12-13)24-15(3)20(23)22-17-8-4-6-16-7-5-11-21-19(16)17/h4-12,15H,1-3H3,(H,22,23)/t15-/m1/s1. The molecule has 2 aromatic carbocycles. The van der Waals surface area contributed by atoms with Crippen LogP contribution in [-0.4, -0.2) is 17.0 Å². The maximum Gasteiger partial charge on any atom is 0.265 e. The number of fused-ring (bicyclic) bond motifs is 1. The molecular weight excluding hydrogens is 300 g/mol. The third-order valence-corrected chi connectivity index (χ3v) is 3.89. The van der Waals surface area contributed by atoms with E-state index in [0.29, 0.717) is 5.69 Å². The number of amides is 1. The molecule has 24 heavy (non-hydrogen) atoms. The number of aromatic nitrogens is 1. The molecule has 1 amide bonds. The van der Waals surface area contributed by atoms with E-state index >= 15 is 0 Å². The van der Waals surface area contributed by atoms with Crippen molar-refractivity contribution in [3.63, 3.8) is 0 Å². The van der Waals surface area contributed by atoms with Crippen molar-refractivity contribution in [3.05, 3.63) is 65.9 Å². The van der Waals surface area contributed by atoms with Crippen molar-refractivity contribution in [2.75, 3.05) is 5.32 Å². The minimum absolute atomic E-state index is 0.201. The molecule has 1 N–H and O–H groups in total. The summed E-state index contributed by atoms with van der Waals surface area (Å²) in [4.78, 5) is 16.8. The Morgan fingerprint density at radius 3 is 2.71 bits per heavy atom. The van der Waals surface area contributed by atoms with Gasteiger partial charge in [-0.15, -0.1) is 0 Å². The fraction of sp³-hybridized carbons (Fsp3) is 0.200. The quantitative estimate of drug-likeness (QED) is 0.781. The predicted octanol–water partition coefficient (Wildman–Crippen LogP) is 4.26. The Morgan fingerprint density at radius 2 is 1.92 bits per heavy atom. The molecule has 0 bridgehead atoms. The van der Waals surface area contributed by atoms with Crippen LogP contribution in [0.4, 0.5) is 5.69 Å². The number of aryl methyl sites for hydroxylation is 2. The molecule has 3 rings (SSSR count). The van der Waals surface area contributed by atoms with Gasteiger partial charge < -0.3 is 10.1 Å². The van der Waals surface area contributed by atoms with Gasteiger partial charge in [-0.2, -0.15) is 0 Å². The molecule has 4 heteroatoms. The maximum absolute atomic E-state index is 12.5. The van der Waals surface area contributed by atoms with Crippen molar-refractivity contribution in [1.29, 1.82) is 0 Å². The molecule has 1 atom stereocenters. The van der Waals surface area contributed by atoms with E-state index in [1.807, 2.05) is 62.4 Å². The number of hydrogen-bond acceptors (Lipinski definition) is 3. The number of pyridine rings is 1. The topological polar surface area (TPSA) is 51.2 Å². The Balaban J connectivity index is 1.76. The van der Waals surface area contributed by atoms with Crippen molar-refractivity contribution in [2.24, 2.45) is 0 Å². The minimum Gasteiger partial charge on any atom is -0.481 e. The highest BCUT2D eigenvalue weighted by atomic mass is 16.5. The maximum atomic E-state index is 12.5. The Hall–Kier alpha value is -2.88. The van der Waals surface area contributed by atoms with Crippen molar-refractivity contribution < 1.29 is 9.53 Å². The Kier molecular flexibility index (Phi) is 4.47. The van der Waals surface area contributed by atoms with Gasteiger partial charge in [0, 0.05) is 11.6 Å². The molecule has 0 fully saturated rings. The zero-order valence-corrected chi connectivity index (χ0v) is 14.0. The van der Waals surface area contributed by atoms with Crippen LogP contribution in [0.2, 0.25) is 0 Å². The molecule has 0 aliphatic carbocycles. The van der Waals surface area contributed by atoms with Crippen LogP contribution in [0.25, 0.3) is 10.9 Å². The first-order valence-corrected chi connectivity index (χ1v) is 7.93. The average Bonchev–Trinajstić information content (AvgIpc) is 2.57. The largest absolute Gasteiger partial charge is 0.481 e. The number of rotatable bonds is 4. The van der Waals surface area contributed by atoms with Gasteiger partial charge >= 0.3 is 0 Å². The van der Waals surface area contributed by atoms with E-state index < -0.39 is 6.10 Å². The molecule has 122 valence electrons. The van der Waals surface area contributed by atoms with Crippen molar-refractivity contribution >= 4 is 22.5 Å². The van der Waals surface area contributed by atoms with Crippen LogP contribution in [0, 0.1) is 13.8 Å². The van der Waals surface area contributed by atoms with Crippen molar-refractivity contribution in [1.82, 2.24) is 4.98 Å². The van der Waals surface area contributed by atoms with Crippen LogP contribution < -0.4 is 10.1 Å². The summed E-state index contributed by atoms with van der Waals surface area (Å²) in [6.45, 7) is 5.75. The molecule has 3 aromatic rings. The second-order valence-corrected chi connectivity index (χ2v) is 5.90. The second-order valence-electron chi connectivity index (χ2n) is 5.90. The van der Waals surface area contributed by atoms with Crippen LogP contribution in [0.5, 0.6) is 5.75 Å². The number of anilines is 1. The lowest BCUT2D eigenvalue weighted by Crippen LogP contribution is -2.30. The normalized spacial score (nSPS) is 12.0. The number of ether oxygens (including phenoxy) is 1. The zero-order valence-electron chi connectivity index (χ0n) is 14.0. The molecule has 0 saturated carbocycles. The highest BCUT2D eigenvalue weighted by Gasteiger charge is 2.17. The molecule has 0 radical (unpaired) electrons. The van der Waals surface area contributed by atoms with E-state index in [0.717, 1.165) is 22.2 Å². The lowest BCUT2D eigenvalue weighted by atomic mass is 10.1. The summed E-state index contributed by atoms with van der Waals surface area (Å²) >= 11 is 0.